The van der Waals surface area contributed by atoms with Crippen molar-refractivity contribution in [2.75, 3.05) is 14.1 Å². The molecule has 0 amide bonds. The van der Waals surface area contributed by atoms with E-state index in [2.05, 4.69) is 49.1 Å². The van der Waals surface area contributed by atoms with Crippen LogP contribution in [0.4, 0.5) is 0 Å². The maximum absolute atomic E-state index is 8.85. The van der Waals surface area contributed by atoms with Crippen LogP contribution in [0.1, 0.15) is 49.8 Å². The highest BCUT2D eigenvalue weighted by Crippen LogP contribution is 2.25. The van der Waals surface area contributed by atoms with Crippen molar-refractivity contribution in [3.8, 4) is 6.07 Å². The molecule has 2 heteroatoms. The standard InChI is InChI=1S/C15H22N2/c1-5-12(2)13-6-8-14(9-7-13)15(10-11-16)17(3)4/h6-9,12,15H,5,10H2,1-4H3. The van der Waals surface area contributed by atoms with Crippen molar-refractivity contribution in [2.24, 2.45) is 0 Å². The van der Waals surface area contributed by atoms with Gasteiger partial charge in [0, 0.05) is 6.04 Å². The monoisotopic (exact) mass is 230 g/mol. The van der Waals surface area contributed by atoms with Crippen molar-refractivity contribution in [1.29, 1.82) is 5.26 Å². The van der Waals surface area contributed by atoms with Gasteiger partial charge >= 0.3 is 0 Å². The fourth-order valence-corrected chi connectivity index (χ4v) is 1.97. The molecule has 92 valence electrons. The number of rotatable bonds is 5. The van der Waals surface area contributed by atoms with E-state index in [1.54, 1.807) is 0 Å². The predicted octanol–water partition coefficient (Wildman–Crippen LogP) is 3.72. The minimum absolute atomic E-state index is 0.200. The van der Waals surface area contributed by atoms with E-state index < -0.39 is 0 Å². The molecule has 0 radical (unpaired) electrons. The van der Waals surface area contributed by atoms with Gasteiger partial charge in [-0.1, -0.05) is 38.1 Å². The van der Waals surface area contributed by atoms with Crippen LogP contribution in [0, 0.1) is 11.3 Å². The summed E-state index contributed by atoms with van der Waals surface area (Å²) >= 11 is 0. The highest BCUT2D eigenvalue weighted by atomic mass is 15.1. The molecule has 2 nitrogen and oxygen atoms in total. The Hall–Kier alpha value is -1.33. The normalized spacial score (nSPS) is 14.4. The van der Waals surface area contributed by atoms with Gasteiger partial charge in [0.25, 0.3) is 0 Å². The van der Waals surface area contributed by atoms with Crippen LogP contribution < -0.4 is 0 Å². The van der Waals surface area contributed by atoms with Gasteiger partial charge < -0.3 is 4.90 Å². The minimum Gasteiger partial charge on any atom is -0.301 e. The van der Waals surface area contributed by atoms with E-state index in [4.69, 9.17) is 5.26 Å². The number of hydrogen-bond donors (Lipinski definition) is 0. The van der Waals surface area contributed by atoms with Gasteiger partial charge in [-0.2, -0.15) is 5.26 Å². The van der Waals surface area contributed by atoms with Crippen molar-refractivity contribution in [1.82, 2.24) is 4.90 Å². The summed E-state index contributed by atoms with van der Waals surface area (Å²) in [6.07, 6.45) is 1.70. The fraction of sp³-hybridized carbons (Fsp3) is 0.533. The Labute approximate surface area is 105 Å². The lowest BCUT2D eigenvalue weighted by Gasteiger charge is -2.22. The van der Waals surface area contributed by atoms with Gasteiger partial charge in [0.1, 0.15) is 0 Å². The molecule has 0 bridgehead atoms. The molecule has 0 saturated carbocycles. The van der Waals surface area contributed by atoms with Gasteiger partial charge in [0.15, 0.2) is 0 Å². The molecular formula is C15H22N2. The largest absolute Gasteiger partial charge is 0.301 e. The maximum Gasteiger partial charge on any atom is 0.0641 e. The molecule has 0 aromatic heterocycles. The Morgan fingerprint density at radius 2 is 1.71 bits per heavy atom. The average molecular weight is 230 g/mol. The highest BCUT2D eigenvalue weighted by Gasteiger charge is 2.13. The lowest BCUT2D eigenvalue weighted by atomic mass is 9.95. The number of benzene rings is 1. The van der Waals surface area contributed by atoms with E-state index in [-0.39, 0.29) is 6.04 Å². The number of nitrogens with zero attached hydrogens (tertiary/aromatic N) is 2. The zero-order valence-corrected chi connectivity index (χ0v) is 11.3. The number of hydrogen-bond acceptors (Lipinski definition) is 2. The van der Waals surface area contributed by atoms with Crippen LogP contribution in [0.25, 0.3) is 0 Å². The zero-order chi connectivity index (χ0) is 12.8. The molecule has 0 N–H and O–H groups in total. The zero-order valence-electron chi connectivity index (χ0n) is 11.3. The third-order valence-electron chi connectivity index (χ3n) is 3.41. The predicted molar refractivity (Wildman–Crippen MR) is 71.8 cm³/mol. The van der Waals surface area contributed by atoms with Crippen molar-refractivity contribution < 1.29 is 0 Å². The Bertz CT molecular complexity index is 373. The van der Waals surface area contributed by atoms with Crippen LogP contribution in [-0.4, -0.2) is 19.0 Å². The molecule has 0 aliphatic rings. The lowest BCUT2D eigenvalue weighted by molar-refractivity contribution is 0.303. The summed E-state index contributed by atoms with van der Waals surface area (Å²) in [5, 5.41) is 8.85. The first-order valence-corrected chi connectivity index (χ1v) is 6.23. The van der Waals surface area contributed by atoms with E-state index in [1.165, 1.54) is 11.1 Å². The molecule has 0 aliphatic carbocycles. The molecule has 0 spiro atoms. The first kappa shape index (κ1) is 13.7. The van der Waals surface area contributed by atoms with Crippen molar-refractivity contribution >= 4 is 0 Å². The second-order valence-electron chi connectivity index (χ2n) is 4.82. The first-order valence-electron chi connectivity index (χ1n) is 6.23. The van der Waals surface area contributed by atoms with Crippen LogP contribution in [0.3, 0.4) is 0 Å². The van der Waals surface area contributed by atoms with Crippen LogP contribution >= 0.6 is 0 Å². The lowest BCUT2D eigenvalue weighted by Crippen LogP contribution is -2.19. The topological polar surface area (TPSA) is 27.0 Å². The highest BCUT2D eigenvalue weighted by molar-refractivity contribution is 5.27. The van der Waals surface area contributed by atoms with Crippen molar-refractivity contribution in [3.05, 3.63) is 35.4 Å². The maximum atomic E-state index is 8.85. The molecule has 1 rings (SSSR count). The quantitative estimate of drug-likeness (QED) is 0.771. The Balaban J connectivity index is 2.89. The van der Waals surface area contributed by atoms with Gasteiger partial charge in [0.05, 0.1) is 12.5 Å². The molecule has 0 heterocycles. The molecule has 0 fully saturated rings. The summed E-state index contributed by atoms with van der Waals surface area (Å²) in [6, 6.07) is 11.2. The first-order chi connectivity index (χ1) is 8.10. The molecule has 1 aromatic carbocycles. The minimum atomic E-state index is 0.200. The van der Waals surface area contributed by atoms with E-state index >= 15 is 0 Å². The Kier molecular flexibility index (Phi) is 5.18. The third-order valence-corrected chi connectivity index (χ3v) is 3.41. The van der Waals surface area contributed by atoms with E-state index in [1.807, 2.05) is 14.1 Å². The summed E-state index contributed by atoms with van der Waals surface area (Å²) in [7, 11) is 4.04. The molecule has 1 aromatic rings. The van der Waals surface area contributed by atoms with Crippen LogP contribution in [0.5, 0.6) is 0 Å². The van der Waals surface area contributed by atoms with Gasteiger partial charge in [-0.25, -0.2) is 0 Å². The van der Waals surface area contributed by atoms with Crippen molar-refractivity contribution in [3.63, 3.8) is 0 Å². The third kappa shape index (κ3) is 3.57. The second-order valence-corrected chi connectivity index (χ2v) is 4.82. The van der Waals surface area contributed by atoms with E-state index in [0.29, 0.717) is 12.3 Å². The fourth-order valence-electron chi connectivity index (χ4n) is 1.97. The van der Waals surface area contributed by atoms with Gasteiger partial charge in [-0.05, 0) is 37.6 Å². The molecule has 17 heavy (non-hydrogen) atoms. The van der Waals surface area contributed by atoms with Crippen LogP contribution in [-0.2, 0) is 0 Å². The molecule has 2 unspecified atom stereocenters. The SMILES string of the molecule is CCC(C)c1ccc(C(CC#N)N(C)C)cc1. The van der Waals surface area contributed by atoms with Crippen molar-refractivity contribution in [2.45, 2.75) is 38.6 Å². The number of nitriles is 1. The Morgan fingerprint density at radius 1 is 1.18 bits per heavy atom. The summed E-state index contributed by atoms with van der Waals surface area (Å²) < 4.78 is 0. The van der Waals surface area contributed by atoms with Gasteiger partial charge in [-0.15, -0.1) is 0 Å². The summed E-state index contributed by atoms with van der Waals surface area (Å²) in [5.74, 6) is 0.609. The summed E-state index contributed by atoms with van der Waals surface area (Å²) in [4.78, 5) is 2.10. The molecule has 2 atom stereocenters. The average Bonchev–Trinajstić information content (AvgIpc) is 2.35. The smallest absolute Gasteiger partial charge is 0.0641 e. The summed E-state index contributed by atoms with van der Waals surface area (Å²) in [6.45, 7) is 4.45. The molecule has 0 saturated heterocycles. The molecular weight excluding hydrogens is 208 g/mol. The van der Waals surface area contributed by atoms with E-state index in [9.17, 15) is 0 Å². The summed E-state index contributed by atoms with van der Waals surface area (Å²) in [5.41, 5.74) is 2.61. The van der Waals surface area contributed by atoms with E-state index in [0.717, 1.165) is 6.42 Å². The Morgan fingerprint density at radius 3 is 2.12 bits per heavy atom. The van der Waals surface area contributed by atoms with Crippen LogP contribution in [0.15, 0.2) is 24.3 Å². The molecule has 0 aliphatic heterocycles. The van der Waals surface area contributed by atoms with Crippen LogP contribution in [0.2, 0.25) is 0 Å². The van der Waals surface area contributed by atoms with Gasteiger partial charge in [0.2, 0.25) is 0 Å². The van der Waals surface area contributed by atoms with Gasteiger partial charge in [-0.3, -0.25) is 0 Å². The second kappa shape index (κ2) is 6.42.